The molecular weight excluding hydrogens is 226 g/mol. The Morgan fingerprint density at radius 3 is 2.72 bits per heavy atom. The number of nitrogens with one attached hydrogen (secondary N) is 1. The Bertz CT molecular complexity index is 388. The lowest BCUT2D eigenvalue weighted by Crippen LogP contribution is -2.17. The average Bonchev–Trinajstić information content (AvgIpc) is 2.42. The molecule has 0 amide bonds. The fraction of sp³-hybridized carbons (Fsp3) is 0.467. The van der Waals surface area contributed by atoms with Gasteiger partial charge in [0.1, 0.15) is 0 Å². The SMILES string of the molecule is CCCOc1cc(/C=C/C(C)NC)ccc1OC. The highest BCUT2D eigenvalue weighted by atomic mass is 16.5. The molecule has 1 aromatic carbocycles. The van der Waals surface area contributed by atoms with Crippen LogP contribution in [0.25, 0.3) is 6.08 Å². The molecule has 0 spiro atoms. The summed E-state index contributed by atoms with van der Waals surface area (Å²) in [5.41, 5.74) is 1.11. The standard InChI is InChI=1S/C15H23NO2/c1-5-10-18-15-11-13(7-6-12(2)16-3)8-9-14(15)17-4/h6-9,11-12,16H,5,10H2,1-4H3/b7-6+. The summed E-state index contributed by atoms with van der Waals surface area (Å²) in [6.45, 7) is 4.90. The summed E-state index contributed by atoms with van der Waals surface area (Å²) in [6.07, 6.45) is 5.19. The number of hydrogen-bond acceptors (Lipinski definition) is 3. The van der Waals surface area contributed by atoms with Gasteiger partial charge in [-0.15, -0.1) is 0 Å². The zero-order valence-corrected chi connectivity index (χ0v) is 11.7. The van der Waals surface area contributed by atoms with Crippen molar-refractivity contribution in [3.63, 3.8) is 0 Å². The molecule has 18 heavy (non-hydrogen) atoms. The van der Waals surface area contributed by atoms with E-state index in [1.165, 1.54) is 0 Å². The molecule has 0 aromatic heterocycles. The molecule has 0 saturated heterocycles. The molecule has 0 heterocycles. The number of benzene rings is 1. The molecule has 1 aromatic rings. The first-order chi connectivity index (χ1) is 8.71. The molecule has 0 fully saturated rings. The number of methoxy groups -OCH3 is 1. The highest BCUT2D eigenvalue weighted by Gasteiger charge is 2.04. The minimum atomic E-state index is 0.354. The molecule has 1 atom stereocenters. The van der Waals surface area contributed by atoms with Gasteiger partial charge in [0, 0.05) is 6.04 Å². The van der Waals surface area contributed by atoms with Crippen molar-refractivity contribution >= 4 is 6.08 Å². The number of likely N-dealkylation sites (N-methyl/N-ethyl adjacent to an activating group) is 1. The smallest absolute Gasteiger partial charge is 0.161 e. The van der Waals surface area contributed by atoms with Crippen molar-refractivity contribution in [2.75, 3.05) is 20.8 Å². The second-order valence-electron chi connectivity index (χ2n) is 4.20. The van der Waals surface area contributed by atoms with Crippen LogP contribution in [-0.4, -0.2) is 26.8 Å². The molecule has 1 rings (SSSR count). The van der Waals surface area contributed by atoms with Gasteiger partial charge in [-0.2, -0.15) is 0 Å². The van der Waals surface area contributed by atoms with E-state index in [0.717, 1.165) is 23.5 Å². The molecule has 0 aliphatic carbocycles. The van der Waals surface area contributed by atoms with Gasteiger partial charge in [-0.3, -0.25) is 0 Å². The summed E-state index contributed by atoms with van der Waals surface area (Å²) in [5.74, 6) is 1.58. The van der Waals surface area contributed by atoms with Crippen LogP contribution in [0.1, 0.15) is 25.8 Å². The lowest BCUT2D eigenvalue weighted by Gasteiger charge is -2.11. The molecule has 0 bridgehead atoms. The molecule has 0 saturated carbocycles. The van der Waals surface area contributed by atoms with E-state index in [2.05, 4.69) is 31.3 Å². The van der Waals surface area contributed by atoms with Crippen molar-refractivity contribution in [3.05, 3.63) is 29.8 Å². The fourth-order valence-electron chi connectivity index (χ4n) is 1.47. The Morgan fingerprint density at radius 2 is 2.11 bits per heavy atom. The van der Waals surface area contributed by atoms with Crippen LogP contribution in [0.3, 0.4) is 0 Å². The van der Waals surface area contributed by atoms with E-state index in [4.69, 9.17) is 9.47 Å². The van der Waals surface area contributed by atoms with Crippen LogP contribution in [0.15, 0.2) is 24.3 Å². The van der Waals surface area contributed by atoms with Crippen molar-refractivity contribution < 1.29 is 9.47 Å². The predicted octanol–water partition coefficient (Wildman–Crippen LogP) is 3.11. The van der Waals surface area contributed by atoms with Gasteiger partial charge < -0.3 is 14.8 Å². The maximum absolute atomic E-state index is 5.68. The third-order valence-electron chi connectivity index (χ3n) is 2.68. The highest BCUT2D eigenvalue weighted by molar-refractivity contribution is 5.56. The summed E-state index contributed by atoms with van der Waals surface area (Å²) < 4.78 is 11.0. The van der Waals surface area contributed by atoms with Crippen molar-refractivity contribution in [2.45, 2.75) is 26.3 Å². The third kappa shape index (κ3) is 4.41. The van der Waals surface area contributed by atoms with E-state index in [9.17, 15) is 0 Å². The Hall–Kier alpha value is -1.48. The van der Waals surface area contributed by atoms with Crippen LogP contribution in [-0.2, 0) is 0 Å². The summed E-state index contributed by atoms with van der Waals surface area (Å²) >= 11 is 0. The summed E-state index contributed by atoms with van der Waals surface area (Å²) in [5, 5.41) is 3.16. The quantitative estimate of drug-likeness (QED) is 0.805. The lowest BCUT2D eigenvalue weighted by atomic mass is 10.1. The van der Waals surface area contributed by atoms with Crippen molar-refractivity contribution in [3.8, 4) is 11.5 Å². The Kier molecular flexibility index (Phi) is 6.29. The van der Waals surface area contributed by atoms with Crippen molar-refractivity contribution in [1.29, 1.82) is 0 Å². The van der Waals surface area contributed by atoms with Crippen LogP contribution in [0.4, 0.5) is 0 Å². The molecule has 0 aliphatic heterocycles. The van der Waals surface area contributed by atoms with Gasteiger partial charge in [0.05, 0.1) is 13.7 Å². The molecule has 0 radical (unpaired) electrons. The molecule has 3 heteroatoms. The first-order valence-electron chi connectivity index (χ1n) is 6.37. The minimum absolute atomic E-state index is 0.354. The van der Waals surface area contributed by atoms with Gasteiger partial charge in [-0.1, -0.05) is 25.1 Å². The van der Waals surface area contributed by atoms with Gasteiger partial charge in [0.2, 0.25) is 0 Å². The Morgan fingerprint density at radius 1 is 1.33 bits per heavy atom. The highest BCUT2D eigenvalue weighted by Crippen LogP contribution is 2.28. The molecular formula is C15H23NO2. The van der Waals surface area contributed by atoms with Gasteiger partial charge >= 0.3 is 0 Å². The predicted molar refractivity (Wildman–Crippen MR) is 76.3 cm³/mol. The Balaban J connectivity index is 2.84. The monoisotopic (exact) mass is 249 g/mol. The van der Waals surface area contributed by atoms with E-state index in [1.807, 2.05) is 25.2 Å². The van der Waals surface area contributed by atoms with Gasteiger partial charge in [-0.25, -0.2) is 0 Å². The van der Waals surface area contributed by atoms with Crippen LogP contribution in [0.2, 0.25) is 0 Å². The van der Waals surface area contributed by atoms with Gasteiger partial charge in [0.15, 0.2) is 11.5 Å². The maximum Gasteiger partial charge on any atom is 0.161 e. The van der Waals surface area contributed by atoms with Crippen LogP contribution in [0.5, 0.6) is 11.5 Å². The van der Waals surface area contributed by atoms with Crippen molar-refractivity contribution in [2.24, 2.45) is 0 Å². The van der Waals surface area contributed by atoms with Crippen molar-refractivity contribution in [1.82, 2.24) is 5.32 Å². The zero-order chi connectivity index (χ0) is 13.4. The zero-order valence-electron chi connectivity index (χ0n) is 11.7. The minimum Gasteiger partial charge on any atom is -0.493 e. The van der Waals surface area contributed by atoms with Gasteiger partial charge in [0.25, 0.3) is 0 Å². The number of ether oxygens (including phenoxy) is 2. The van der Waals surface area contributed by atoms with E-state index in [-0.39, 0.29) is 0 Å². The van der Waals surface area contributed by atoms with E-state index < -0.39 is 0 Å². The first-order valence-corrected chi connectivity index (χ1v) is 6.37. The second-order valence-corrected chi connectivity index (χ2v) is 4.20. The van der Waals surface area contributed by atoms with Gasteiger partial charge in [-0.05, 0) is 38.1 Å². The second kappa shape index (κ2) is 7.77. The molecule has 100 valence electrons. The van der Waals surface area contributed by atoms with E-state index in [1.54, 1.807) is 7.11 Å². The molecule has 3 nitrogen and oxygen atoms in total. The molecule has 0 aliphatic rings. The van der Waals surface area contributed by atoms with Crippen LogP contribution < -0.4 is 14.8 Å². The van der Waals surface area contributed by atoms with E-state index in [0.29, 0.717) is 12.6 Å². The van der Waals surface area contributed by atoms with Crippen LogP contribution in [0, 0.1) is 0 Å². The average molecular weight is 249 g/mol. The lowest BCUT2D eigenvalue weighted by molar-refractivity contribution is 0.294. The molecule has 1 unspecified atom stereocenters. The maximum atomic E-state index is 5.68. The first kappa shape index (κ1) is 14.6. The van der Waals surface area contributed by atoms with E-state index >= 15 is 0 Å². The molecule has 1 N–H and O–H groups in total. The summed E-state index contributed by atoms with van der Waals surface area (Å²) in [6, 6.07) is 6.32. The van der Waals surface area contributed by atoms with Crippen LogP contribution >= 0.6 is 0 Å². The fourth-order valence-corrected chi connectivity index (χ4v) is 1.47. The largest absolute Gasteiger partial charge is 0.493 e. The third-order valence-corrected chi connectivity index (χ3v) is 2.68. The normalized spacial score (nSPS) is 12.7. The number of rotatable bonds is 7. The summed E-state index contributed by atoms with van der Waals surface area (Å²) in [7, 11) is 3.60. The number of hydrogen-bond donors (Lipinski definition) is 1. The topological polar surface area (TPSA) is 30.5 Å². The Labute approximate surface area is 110 Å². The summed E-state index contributed by atoms with van der Waals surface area (Å²) in [4.78, 5) is 0.